The number of aliphatic carboxylic acids is 1. The van der Waals surface area contributed by atoms with Crippen molar-refractivity contribution in [2.75, 3.05) is 13.1 Å². The zero-order chi connectivity index (χ0) is 18.7. The van der Waals surface area contributed by atoms with Crippen molar-refractivity contribution >= 4 is 50.6 Å². The van der Waals surface area contributed by atoms with Gasteiger partial charge in [-0.15, -0.1) is 11.3 Å². The van der Waals surface area contributed by atoms with Gasteiger partial charge in [-0.3, -0.25) is 0 Å². The molecule has 0 spiro atoms. The molecule has 26 heavy (non-hydrogen) atoms. The molecular weight excluding hydrogens is 394 g/mol. The lowest BCUT2D eigenvalue weighted by Crippen LogP contribution is -2.35. The predicted molar refractivity (Wildman–Crippen MR) is 104 cm³/mol. The quantitative estimate of drug-likeness (QED) is 0.748. The number of carboxylic acid groups (broad SMARTS) is 1. The topological polar surface area (TPSA) is 74.7 Å². The number of rotatable bonds is 5. The lowest BCUT2D eigenvalue weighted by atomic mass is 10.1. The second-order valence-electron chi connectivity index (χ2n) is 5.97. The molecule has 5 nitrogen and oxygen atoms in total. The van der Waals surface area contributed by atoms with E-state index in [0.717, 1.165) is 30.6 Å². The van der Waals surface area contributed by atoms with Crippen molar-refractivity contribution in [2.45, 2.75) is 23.5 Å². The third kappa shape index (κ3) is 4.01. The third-order valence-corrected chi connectivity index (χ3v) is 8.02. The summed E-state index contributed by atoms with van der Waals surface area (Å²) in [4.78, 5) is 12.1. The van der Waals surface area contributed by atoms with Gasteiger partial charge in [0.1, 0.15) is 4.21 Å². The third-order valence-electron chi connectivity index (χ3n) is 4.19. The molecule has 0 saturated carbocycles. The molecule has 2 heterocycles. The highest BCUT2D eigenvalue weighted by atomic mass is 35.5. The summed E-state index contributed by atoms with van der Waals surface area (Å²) in [6.07, 6.45) is 4.20. The smallest absolute Gasteiger partial charge is 0.337 e. The van der Waals surface area contributed by atoms with Crippen molar-refractivity contribution in [2.24, 2.45) is 0 Å². The maximum atomic E-state index is 12.8. The maximum Gasteiger partial charge on any atom is 0.337 e. The first-order chi connectivity index (χ1) is 12.4. The van der Waals surface area contributed by atoms with E-state index in [0.29, 0.717) is 28.6 Å². The minimum absolute atomic E-state index is 0.0168. The maximum absolute atomic E-state index is 12.8. The Labute approximate surface area is 161 Å². The Kier molecular flexibility index (Phi) is 5.82. The summed E-state index contributed by atoms with van der Waals surface area (Å²) < 4.78 is 27.2. The number of hydrogen-bond donors (Lipinski definition) is 1. The summed E-state index contributed by atoms with van der Waals surface area (Å²) in [6.45, 7) is 1.02. The van der Waals surface area contributed by atoms with Crippen molar-refractivity contribution in [1.29, 1.82) is 0 Å². The van der Waals surface area contributed by atoms with Crippen LogP contribution >= 0.6 is 22.9 Å². The first-order valence-corrected chi connectivity index (χ1v) is 10.8. The highest BCUT2D eigenvalue weighted by Crippen LogP contribution is 2.32. The molecule has 1 aromatic carbocycles. The summed E-state index contributed by atoms with van der Waals surface area (Å²) in [7, 11) is -3.58. The Morgan fingerprint density at radius 3 is 2.46 bits per heavy atom. The van der Waals surface area contributed by atoms with Gasteiger partial charge in [-0.25, -0.2) is 13.2 Å². The van der Waals surface area contributed by atoms with Crippen LogP contribution in [0.1, 0.15) is 29.7 Å². The number of piperidine rings is 1. The van der Waals surface area contributed by atoms with Gasteiger partial charge < -0.3 is 5.11 Å². The van der Waals surface area contributed by atoms with Crippen LogP contribution < -0.4 is 0 Å². The zero-order valence-corrected chi connectivity index (χ0v) is 16.3. The Bertz CT molecular complexity index is 944. The zero-order valence-electron chi connectivity index (χ0n) is 13.9. The Hall–Kier alpha value is -1.67. The van der Waals surface area contributed by atoms with Gasteiger partial charge in [0, 0.05) is 23.0 Å². The molecule has 3 rings (SSSR count). The normalized spacial score (nSPS) is 16.6. The second kappa shape index (κ2) is 7.92. The highest BCUT2D eigenvalue weighted by Gasteiger charge is 2.28. The number of halogens is 1. The van der Waals surface area contributed by atoms with Gasteiger partial charge in [0.25, 0.3) is 10.0 Å². The van der Waals surface area contributed by atoms with Crippen LogP contribution in [0.4, 0.5) is 0 Å². The number of carboxylic acids is 1. The van der Waals surface area contributed by atoms with Gasteiger partial charge in [0.05, 0.1) is 5.57 Å². The summed E-state index contributed by atoms with van der Waals surface area (Å²) in [5.41, 5.74) is 0.587. The van der Waals surface area contributed by atoms with Gasteiger partial charge in [-0.05, 0) is 42.7 Å². The number of hydrogen-bond acceptors (Lipinski definition) is 4. The molecule has 0 unspecified atom stereocenters. The van der Waals surface area contributed by atoms with E-state index in [1.165, 1.54) is 22.5 Å². The summed E-state index contributed by atoms with van der Waals surface area (Å²) in [6, 6.07) is 9.93. The van der Waals surface area contributed by atoms with Crippen molar-refractivity contribution < 1.29 is 18.3 Å². The lowest BCUT2D eigenvalue weighted by molar-refractivity contribution is -0.130. The van der Waals surface area contributed by atoms with Crippen LogP contribution in [-0.2, 0) is 14.8 Å². The number of nitrogens with zero attached hydrogens (tertiary/aromatic N) is 1. The molecular formula is C18H18ClNO4S2. The fraction of sp³-hybridized carbons (Fsp3) is 0.278. The molecule has 1 fully saturated rings. The summed E-state index contributed by atoms with van der Waals surface area (Å²) in [5, 5.41) is 10.0. The number of sulfonamides is 1. The van der Waals surface area contributed by atoms with E-state index in [1.54, 1.807) is 24.3 Å². The standard InChI is InChI=1S/C18H18ClNO4S2/c19-15-7-3-2-6-13(15)12-14(18(21)22)16-8-9-17(25-16)26(23,24)20-10-4-1-5-11-20/h2-3,6-9,12H,1,4-5,10-11H2,(H,21,22)/b14-12+. The monoisotopic (exact) mass is 411 g/mol. The van der Waals surface area contributed by atoms with E-state index in [2.05, 4.69) is 0 Å². The van der Waals surface area contributed by atoms with Crippen LogP contribution in [0.25, 0.3) is 11.6 Å². The Morgan fingerprint density at radius 1 is 1.12 bits per heavy atom. The predicted octanol–water partition coefficient (Wildman–Crippen LogP) is 4.20. The van der Waals surface area contributed by atoms with Gasteiger partial charge in [0.2, 0.25) is 0 Å². The molecule has 2 aromatic rings. The molecule has 138 valence electrons. The van der Waals surface area contributed by atoms with E-state index in [1.807, 2.05) is 0 Å². The number of thiophene rings is 1. The van der Waals surface area contributed by atoms with Crippen LogP contribution in [0, 0.1) is 0 Å². The van der Waals surface area contributed by atoms with E-state index in [-0.39, 0.29) is 9.78 Å². The van der Waals surface area contributed by atoms with Crippen LogP contribution in [0.15, 0.2) is 40.6 Å². The first kappa shape index (κ1) is 19.1. The van der Waals surface area contributed by atoms with Crippen molar-refractivity contribution in [3.63, 3.8) is 0 Å². The average molecular weight is 412 g/mol. The van der Waals surface area contributed by atoms with Crippen LogP contribution in [-0.4, -0.2) is 36.9 Å². The lowest BCUT2D eigenvalue weighted by Gasteiger charge is -2.25. The number of carbonyl (C=O) groups is 1. The average Bonchev–Trinajstić information content (AvgIpc) is 3.12. The molecule has 1 aromatic heterocycles. The molecule has 1 N–H and O–H groups in total. The molecule has 0 aliphatic carbocycles. The fourth-order valence-electron chi connectivity index (χ4n) is 2.82. The van der Waals surface area contributed by atoms with Crippen LogP contribution in [0.3, 0.4) is 0 Å². The molecule has 0 bridgehead atoms. The largest absolute Gasteiger partial charge is 0.478 e. The van der Waals surface area contributed by atoms with Crippen LogP contribution in [0.2, 0.25) is 5.02 Å². The summed E-state index contributed by atoms with van der Waals surface area (Å²) >= 11 is 7.08. The molecule has 1 aliphatic heterocycles. The first-order valence-electron chi connectivity index (χ1n) is 8.19. The van der Waals surface area contributed by atoms with Crippen LogP contribution in [0.5, 0.6) is 0 Å². The van der Waals surface area contributed by atoms with Gasteiger partial charge in [0.15, 0.2) is 0 Å². The van der Waals surface area contributed by atoms with E-state index >= 15 is 0 Å². The molecule has 8 heteroatoms. The Morgan fingerprint density at radius 2 is 1.81 bits per heavy atom. The molecule has 0 amide bonds. The SMILES string of the molecule is O=C(O)/C(=C/c1ccccc1Cl)c1ccc(S(=O)(=O)N2CCCCC2)s1. The van der Waals surface area contributed by atoms with E-state index < -0.39 is 16.0 Å². The van der Waals surface area contributed by atoms with Crippen molar-refractivity contribution in [3.8, 4) is 0 Å². The van der Waals surface area contributed by atoms with Gasteiger partial charge in [-0.1, -0.05) is 36.2 Å². The number of benzene rings is 1. The minimum Gasteiger partial charge on any atom is -0.478 e. The second-order valence-corrected chi connectivity index (χ2v) is 9.62. The molecule has 1 aliphatic rings. The van der Waals surface area contributed by atoms with E-state index in [9.17, 15) is 18.3 Å². The van der Waals surface area contributed by atoms with Gasteiger partial charge in [-0.2, -0.15) is 4.31 Å². The van der Waals surface area contributed by atoms with Gasteiger partial charge >= 0.3 is 5.97 Å². The Balaban J connectivity index is 1.96. The molecule has 1 saturated heterocycles. The minimum atomic E-state index is -3.58. The van der Waals surface area contributed by atoms with E-state index in [4.69, 9.17) is 11.6 Å². The fourth-order valence-corrected chi connectivity index (χ4v) is 6.00. The molecule has 0 atom stereocenters. The summed E-state index contributed by atoms with van der Waals surface area (Å²) in [5.74, 6) is -1.13. The molecule has 0 radical (unpaired) electrons. The van der Waals surface area contributed by atoms with Crippen molar-refractivity contribution in [3.05, 3.63) is 51.9 Å². The van der Waals surface area contributed by atoms with Crippen molar-refractivity contribution in [1.82, 2.24) is 4.31 Å². The highest BCUT2D eigenvalue weighted by molar-refractivity contribution is 7.91.